The Labute approximate surface area is 127 Å². The lowest BCUT2D eigenvalue weighted by molar-refractivity contribution is 0.130. The van der Waals surface area contributed by atoms with E-state index in [0.29, 0.717) is 5.54 Å². The van der Waals surface area contributed by atoms with Crippen molar-refractivity contribution < 1.29 is 0 Å². The molecule has 2 nitrogen and oxygen atoms in total. The van der Waals surface area contributed by atoms with Gasteiger partial charge in [0, 0.05) is 24.7 Å². The van der Waals surface area contributed by atoms with Gasteiger partial charge in [-0.25, -0.2) is 0 Å². The van der Waals surface area contributed by atoms with Crippen molar-refractivity contribution in [1.29, 1.82) is 0 Å². The van der Waals surface area contributed by atoms with E-state index in [-0.39, 0.29) is 0 Å². The molecular formula is C18H38N2. The second-order valence-corrected chi connectivity index (χ2v) is 7.20. The summed E-state index contributed by atoms with van der Waals surface area (Å²) in [5.74, 6) is 0.771. The molecule has 1 aliphatic carbocycles. The van der Waals surface area contributed by atoms with Gasteiger partial charge in [-0.15, -0.1) is 0 Å². The second-order valence-electron chi connectivity index (χ2n) is 7.20. The van der Waals surface area contributed by atoms with Crippen LogP contribution in [-0.2, 0) is 0 Å². The Morgan fingerprint density at radius 1 is 1.05 bits per heavy atom. The SMILES string of the molecule is CCC(CC)N(CCC1(NC)CCCCC1)CC(C)C. The number of nitrogens with zero attached hydrogens (tertiary/aromatic N) is 1. The minimum absolute atomic E-state index is 0.430. The van der Waals surface area contributed by atoms with Gasteiger partial charge >= 0.3 is 0 Å². The molecule has 0 atom stereocenters. The highest BCUT2D eigenvalue weighted by Crippen LogP contribution is 2.31. The van der Waals surface area contributed by atoms with Crippen LogP contribution in [0.15, 0.2) is 0 Å². The van der Waals surface area contributed by atoms with Crippen molar-refractivity contribution in [3.63, 3.8) is 0 Å². The van der Waals surface area contributed by atoms with Crippen LogP contribution in [0.4, 0.5) is 0 Å². The van der Waals surface area contributed by atoms with Gasteiger partial charge in [0.2, 0.25) is 0 Å². The van der Waals surface area contributed by atoms with Gasteiger partial charge in [-0.2, -0.15) is 0 Å². The Hall–Kier alpha value is -0.0800. The topological polar surface area (TPSA) is 15.3 Å². The third-order valence-electron chi connectivity index (χ3n) is 5.28. The molecule has 1 saturated carbocycles. The minimum Gasteiger partial charge on any atom is -0.314 e. The molecular weight excluding hydrogens is 244 g/mol. The Kier molecular flexibility index (Phi) is 8.13. The maximum Gasteiger partial charge on any atom is 0.0190 e. The average Bonchev–Trinajstić information content (AvgIpc) is 2.46. The van der Waals surface area contributed by atoms with Crippen LogP contribution in [0.2, 0.25) is 0 Å². The number of nitrogens with one attached hydrogen (secondary N) is 1. The average molecular weight is 283 g/mol. The number of rotatable bonds is 9. The molecule has 0 unspecified atom stereocenters. The Balaban J connectivity index is 2.59. The van der Waals surface area contributed by atoms with Crippen LogP contribution in [0, 0.1) is 5.92 Å². The first-order valence-electron chi connectivity index (χ1n) is 8.99. The number of hydrogen-bond donors (Lipinski definition) is 1. The molecule has 0 aliphatic heterocycles. The van der Waals surface area contributed by atoms with Gasteiger partial charge in [0.25, 0.3) is 0 Å². The molecule has 0 bridgehead atoms. The molecule has 0 aromatic rings. The third-order valence-corrected chi connectivity index (χ3v) is 5.28. The summed E-state index contributed by atoms with van der Waals surface area (Å²) in [6.07, 6.45) is 10.9. The van der Waals surface area contributed by atoms with Crippen molar-refractivity contribution >= 4 is 0 Å². The van der Waals surface area contributed by atoms with Crippen LogP contribution in [0.1, 0.15) is 79.1 Å². The zero-order valence-electron chi connectivity index (χ0n) is 14.7. The van der Waals surface area contributed by atoms with Crippen molar-refractivity contribution in [2.75, 3.05) is 20.1 Å². The summed E-state index contributed by atoms with van der Waals surface area (Å²) in [5.41, 5.74) is 0.430. The first kappa shape index (κ1) is 18.0. The molecule has 0 amide bonds. The molecule has 1 rings (SSSR count). The van der Waals surface area contributed by atoms with E-state index < -0.39 is 0 Å². The van der Waals surface area contributed by atoms with E-state index in [4.69, 9.17) is 0 Å². The van der Waals surface area contributed by atoms with E-state index in [9.17, 15) is 0 Å². The van der Waals surface area contributed by atoms with Crippen molar-refractivity contribution in [3.05, 3.63) is 0 Å². The monoisotopic (exact) mass is 282 g/mol. The first-order valence-corrected chi connectivity index (χ1v) is 8.99. The van der Waals surface area contributed by atoms with E-state index in [2.05, 4.69) is 45.0 Å². The molecule has 2 heteroatoms. The first-order chi connectivity index (χ1) is 9.56. The predicted octanol–water partition coefficient (Wildman–Crippen LogP) is 4.45. The highest BCUT2D eigenvalue weighted by molar-refractivity contribution is 4.91. The predicted molar refractivity (Wildman–Crippen MR) is 90.3 cm³/mol. The van der Waals surface area contributed by atoms with Crippen LogP contribution in [0.3, 0.4) is 0 Å². The summed E-state index contributed by atoms with van der Waals surface area (Å²) in [7, 11) is 2.18. The molecule has 1 fully saturated rings. The summed E-state index contributed by atoms with van der Waals surface area (Å²) in [6.45, 7) is 11.9. The summed E-state index contributed by atoms with van der Waals surface area (Å²) >= 11 is 0. The van der Waals surface area contributed by atoms with Crippen LogP contribution >= 0.6 is 0 Å². The van der Waals surface area contributed by atoms with Crippen LogP contribution in [-0.4, -0.2) is 36.6 Å². The van der Waals surface area contributed by atoms with Gasteiger partial charge in [-0.1, -0.05) is 47.0 Å². The summed E-state index contributed by atoms with van der Waals surface area (Å²) < 4.78 is 0. The van der Waals surface area contributed by atoms with Gasteiger partial charge < -0.3 is 10.2 Å². The van der Waals surface area contributed by atoms with Gasteiger partial charge in [0.05, 0.1) is 0 Å². The molecule has 0 aromatic carbocycles. The molecule has 0 aromatic heterocycles. The van der Waals surface area contributed by atoms with Crippen molar-refractivity contribution in [2.45, 2.75) is 90.6 Å². The van der Waals surface area contributed by atoms with Gasteiger partial charge in [0.15, 0.2) is 0 Å². The fourth-order valence-corrected chi connectivity index (χ4v) is 3.91. The van der Waals surface area contributed by atoms with E-state index in [1.54, 1.807) is 0 Å². The molecule has 0 heterocycles. The Morgan fingerprint density at radius 2 is 1.65 bits per heavy atom. The molecule has 1 aliphatic rings. The third kappa shape index (κ3) is 5.37. The zero-order chi connectivity index (χ0) is 15.0. The second kappa shape index (κ2) is 9.04. The molecule has 120 valence electrons. The fraction of sp³-hybridized carbons (Fsp3) is 1.00. The normalized spacial score (nSPS) is 19.2. The van der Waals surface area contributed by atoms with Gasteiger partial charge in [0.1, 0.15) is 0 Å². The Bertz CT molecular complexity index is 240. The van der Waals surface area contributed by atoms with E-state index in [1.165, 1.54) is 64.5 Å². The maximum atomic E-state index is 3.67. The van der Waals surface area contributed by atoms with E-state index >= 15 is 0 Å². The summed E-state index contributed by atoms with van der Waals surface area (Å²) in [4.78, 5) is 2.76. The van der Waals surface area contributed by atoms with E-state index in [0.717, 1.165) is 12.0 Å². The molecule has 20 heavy (non-hydrogen) atoms. The minimum atomic E-state index is 0.430. The lowest BCUT2D eigenvalue weighted by atomic mass is 9.79. The zero-order valence-corrected chi connectivity index (χ0v) is 14.7. The lowest BCUT2D eigenvalue weighted by Crippen LogP contribution is -2.48. The van der Waals surface area contributed by atoms with Gasteiger partial charge in [-0.3, -0.25) is 0 Å². The van der Waals surface area contributed by atoms with Gasteiger partial charge in [-0.05, 0) is 45.1 Å². The largest absolute Gasteiger partial charge is 0.314 e. The summed E-state index contributed by atoms with van der Waals surface area (Å²) in [5, 5.41) is 3.67. The standard InChI is InChI=1S/C18H38N2/c1-6-17(7-2)20(15-16(3)4)14-13-18(19-5)11-9-8-10-12-18/h16-17,19H,6-15H2,1-5H3. The molecule has 0 saturated heterocycles. The quantitative estimate of drug-likeness (QED) is 0.672. The highest BCUT2D eigenvalue weighted by atomic mass is 15.2. The van der Waals surface area contributed by atoms with E-state index in [1.807, 2.05) is 0 Å². The molecule has 1 N–H and O–H groups in total. The molecule has 0 spiro atoms. The maximum absolute atomic E-state index is 3.67. The smallest absolute Gasteiger partial charge is 0.0190 e. The molecule has 0 radical (unpaired) electrons. The lowest BCUT2D eigenvalue weighted by Gasteiger charge is -2.40. The van der Waals surface area contributed by atoms with Crippen molar-refractivity contribution in [1.82, 2.24) is 10.2 Å². The van der Waals surface area contributed by atoms with Crippen LogP contribution in [0.5, 0.6) is 0 Å². The summed E-state index contributed by atoms with van der Waals surface area (Å²) in [6, 6.07) is 0.773. The number of hydrogen-bond acceptors (Lipinski definition) is 2. The highest BCUT2D eigenvalue weighted by Gasteiger charge is 2.31. The Morgan fingerprint density at radius 3 is 2.10 bits per heavy atom. The van der Waals surface area contributed by atoms with Crippen LogP contribution < -0.4 is 5.32 Å². The van der Waals surface area contributed by atoms with Crippen molar-refractivity contribution in [3.8, 4) is 0 Å². The van der Waals surface area contributed by atoms with Crippen LogP contribution in [0.25, 0.3) is 0 Å². The fourth-order valence-electron chi connectivity index (χ4n) is 3.91. The van der Waals surface area contributed by atoms with Crippen molar-refractivity contribution in [2.24, 2.45) is 5.92 Å².